The van der Waals surface area contributed by atoms with Crippen LogP contribution in [0, 0.1) is 0 Å². The number of aromatic nitrogens is 3. The highest BCUT2D eigenvalue weighted by Gasteiger charge is 2.48. The number of carbonyl (C=O) groups excluding carboxylic acids is 1. The van der Waals surface area contributed by atoms with Crippen molar-refractivity contribution in [3.8, 4) is 5.88 Å². The third-order valence-corrected chi connectivity index (χ3v) is 7.90. The maximum absolute atomic E-state index is 14.4. The number of methoxy groups -OCH3 is 1. The minimum atomic E-state index is -0.930. The summed E-state index contributed by atoms with van der Waals surface area (Å²) in [6.45, 7) is 0.914. The maximum atomic E-state index is 14.4. The van der Waals surface area contributed by atoms with Crippen molar-refractivity contribution in [2.45, 2.75) is 44.1 Å². The monoisotopic (exact) mass is 592 g/mol. The number of hydrogen-bond acceptors (Lipinski definition) is 9. The minimum absolute atomic E-state index is 0.164. The molecule has 1 N–H and O–H groups in total. The third-order valence-electron chi connectivity index (χ3n) is 7.90. The van der Waals surface area contributed by atoms with E-state index < -0.39 is 18.5 Å². The van der Waals surface area contributed by atoms with E-state index in [2.05, 4.69) is 15.3 Å². The highest BCUT2D eigenvalue weighted by atomic mass is 16.7. The Morgan fingerprint density at radius 2 is 1.64 bits per heavy atom. The standard InChI is InChI=1S/C34H32N4O6/c1-40-33-28-27(35-20-36-33)25(17-38(28)21-41-18-22-11-5-2-6-12-22)29(39)31-30(43-34(44-31)24-15-9-4-10-16-24)26-19-42-32(37-26)23-13-7-3-8-14-23/h2-17,20,26,30-32,34,37H,18-19,21H2,1H3/t26-,30-,31+,32-,34?/m1/s1. The summed E-state index contributed by atoms with van der Waals surface area (Å²) in [7, 11) is 1.54. The Balaban J connectivity index is 1.19. The predicted octanol–water partition coefficient (Wildman–Crippen LogP) is 4.97. The van der Waals surface area contributed by atoms with E-state index in [1.54, 1.807) is 10.8 Å². The minimum Gasteiger partial charge on any atom is -0.479 e. The van der Waals surface area contributed by atoms with Crippen molar-refractivity contribution in [3.63, 3.8) is 0 Å². The molecule has 2 saturated heterocycles. The topological polar surface area (TPSA) is 106 Å². The Kier molecular flexibility index (Phi) is 8.14. The van der Waals surface area contributed by atoms with Gasteiger partial charge in [-0.05, 0) is 11.1 Å². The van der Waals surface area contributed by atoms with Gasteiger partial charge in [0, 0.05) is 11.8 Å². The highest BCUT2D eigenvalue weighted by molar-refractivity contribution is 6.10. The number of nitrogens with one attached hydrogen (secondary N) is 1. The molecule has 0 spiro atoms. The number of Topliss-reactive ketones (excluding diaryl/α,β-unsaturated/α-hetero) is 1. The van der Waals surface area contributed by atoms with Gasteiger partial charge in [-0.3, -0.25) is 10.1 Å². The first-order chi connectivity index (χ1) is 21.7. The van der Waals surface area contributed by atoms with Crippen LogP contribution in [0.25, 0.3) is 11.0 Å². The molecule has 1 unspecified atom stereocenters. The number of hydrogen-bond donors (Lipinski definition) is 1. The largest absolute Gasteiger partial charge is 0.479 e. The molecule has 5 aromatic rings. The number of ketones is 1. The summed E-state index contributed by atoms with van der Waals surface area (Å²) < 4.78 is 32.4. The SMILES string of the molecule is COc1ncnc2c(C(=O)[C@@H]3OC(c4ccccc4)O[C@@H]3[C@H]3CO[C@H](c4ccccc4)N3)cn(COCc3ccccc3)c12. The summed E-state index contributed by atoms with van der Waals surface area (Å²) in [4.78, 5) is 23.2. The molecule has 2 aliphatic heterocycles. The van der Waals surface area contributed by atoms with Gasteiger partial charge in [0.2, 0.25) is 5.88 Å². The van der Waals surface area contributed by atoms with Crippen LogP contribution in [-0.2, 0) is 32.3 Å². The Morgan fingerprint density at radius 3 is 2.36 bits per heavy atom. The molecular weight excluding hydrogens is 560 g/mol. The summed E-state index contributed by atoms with van der Waals surface area (Å²) in [5, 5.41) is 3.51. The van der Waals surface area contributed by atoms with E-state index in [1.807, 2.05) is 91.0 Å². The molecule has 44 heavy (non-hydrogen) atoms. The van der Waals surface area contributed by atoms with Crippen LogP contribution in [0.3, 0.4) is 0 Å². The van der Waals surface area contributed by atoms with E-state index in [9.17, 15) is 4.79 Å². The van der Waals surface area contributed by atoms with E-state index in [0.717, 1.165) is 16.7 Å². The molecule has 0 radical (unpaired) electrons. The molecule has 2 aliphatic rings. The van der Waals surface area contributed by atoms with Crippen LogP contribution in [0.4, 0.5) is 0 Å². The summed E-state index contributed by atoms with van der Waals surface area (Å²) in [6, 6.07) is 29.1. The van der Waals surface area contributed by atoms with Crippen LogP contribution < -0.4 is 10.1 Å². The van der Waals surface area contributed by atoms with Gasteiger partial charge in [0.1, 0.15) is 36.4 Å². The van der Waals surface area contributed by atoms with E-state index in [4.69, 9.17) is 23.7 Å². The molecule has 224 valence electrons. The van der Waals surface area contributed by atoms with Crippen molar-refractivity contribution >= 4 is 16.8 Å². The zero-order chi connectivity index (χ0) is 29.9. The molecule has 5 atom stereocenters. The average molecular weight is 593 g/mol. The number of carbonyl (C=O) groups is 1. The fourth-order valence-electron chi connectivity index (χ4n) is 5.76. The summed E-state index contributed by atoms with van der Waals surface area (Å²) in [5.41, 5.74) is 4.25. The summed E-state index contributed by atoms with van der Waals surface area (Å²) >= 11 is 0. The predicted molar refractivity (Wildman–Crippen MR) is 161 cm³/mol. The first-order valence-corrected chi connectivity index (χ1v) is 14.5. The van der Waals surface area contributed by atoms with Crippen molar-refractivity contribution in [1.29, 1.82) is 0 Å². The Labute approximate surface area is 254 Å². The summed E-state index contributed by atoms with van der Waals surface area (Å²) in [5.74, 6) is 0.0854. The lowest BCUT2D eigenvalue weighted by molar-refractivity contribution is -0.0694. The van der Waals surface area contributed by atoms with Gasteiger partial charge < -0.3 is 28.3 Å². The van der Waals surface area contributed by atoms with Gasteiger partial charge in [-0.15, -0.1) is 0 Å². The fraction of sp³-hybridized carbons (Fsp3) is 0.265. The van der Waals surface area contributed by atoms with Crippen LogP contribution >= 0.6 is 0 Å². The van der Waals surface area contributed by atoms with E-state index in [-0.39, 0.29) is 24.8 Å². The molecule has 0 bridgehead atoms. The molecule has 0 aliphatic carbocycles. The molecule has 2 aromatic heterocycles. The number of nitrogens with zero attached hydrogens (tertiary/aromatic N) is 3. The Bertz CT molecular complexity index is 1720. The summed E-state index contributed by atoms with van der Waals surface area (Å²) in [6.07, 6.45) is 0.521. The van der Waals surface area contributed by atoms with Gasteiger partial charge in [-0.1, -0.05) is 91.0 Å². The second kappa shape index (κ2) is 12.7. The molecule has 0 amide bonds. The molecule has 0 saturated carbocycles. The quantitative estimate of drug-likeness (QED) is 0.225. The van der Waals surface area contributed by atoms with Crippen LogP contribution in [0.2, 0.25) is 0 Å². The normalized spacial score (nSPS) is 23.2. The lowest BCUT2D eigenvalue weighted by Crippen LogP contribution is -2.46. The van der Waals surface area contributed by atoms with Crippen molar-refractivity contribution in [3.05, 3.63) is 126 Å². The van der Waals surface area contributed by atoms with Crippen LogP contribution in [0.5, 0.6) is 5.88 Å². The second-order valence-corrected chi connectivity index (χ2v) is 10.7. The van der Waals surface area contributed by atoms with Gasteiger partial charge in [0.25, 0.3) is 0 Å². The number of fused-ring (bicyclic) bond motifs is 1. The number of benzene rings is 3. The van der Waals surface area contributed by atoms with Gasteiger partial charge >= 0.3 is 0 Å². The first-order valence-electron chi connectivity index (χ1n) is 14.5. The molecule has 3 aromatic carbocycles. The Hall–Kier alpha value is -4.45. The van der Waals surface area contributed by atoms with Crippen LogP contribution in [-0.4, -0.2) is 52.3 Å². The van der Waals surface area contributed by atoms with Crippen molar-refractivity contribution in [2.75, 3.05) is 13.7 Å². The van der Waals surface area contributed by atoms with E-state index >= 15 is 0 Å². The molecule has 10 nitrogen and oxygen atoms in total. The number of rotatable bonds is 10. The molecule has 4 heterocycles. The van der Waals surface area contributed by atoms with Crippen molar-refractivity contribution < 1.29 is 28.5 Å². The van der Waals surface area contributed by atoms with Gasteiger partial charge in [0.15, 0.2) is 18.2 Å². The third kappa shape index (κ3) is 5.61. The maximum Gasteiger partial charge on any atom is 0.241 e. The van der Waals surface area contributed by atoms with Gasteiger partial charge in [0.05, 0.1) is 31.9 Å². The number of ether oxygens (including phenoxy) is 5. The van der Waals surface area contributed by atoms with Crippen LogP contribution in [0.1, 0.15) is 39.6 Å². The smallest absolute Gasteiger partial charge is 0.241 e. The second-order valence-electron chi connectivity index (χ2n) is 10.7. The average Bonchev–Trinajstić information content (AvgIpc) is 3.84. The molecule has 7 rings (SSSR count). The first kappa shape index (κ1) is 28.3. The Morgan fingerprint density at radius 1 is 0.932 bits per heavy atom. The van der Waals surface area contributed by atoms with Crippen LogP contribution in [0.15, 0.2) is 104 Å². The molecule has 10 heteroatoms. The van der Waals surface area contributed by atoms with Crippen molar-refractivity contribution in [1.82, 2.24) is 19.9 Å². The van der Waals surface area contributed by atoms with E-state index in [0.29, 0.717) is 35.7 Å². The lowest BCUT2D eigenvalue weighted by Gasteiger charge is -2.21. The zero-order valence-electron chi connectivity index (χ0n) is 24.1. The van der Waals surface area contributed by atoms with Gasteiger partial charge in [-0.25, -0.2) is 4.98 Å². The van der Waals surface area contributed by atoms with Gasteiger partial charge in [-0.2, -0.15) is 4.98 Å². The molecule has 2 fully saturated rings. The zero-order valence-corrected chi connectivity index (χ0v) is 24.1. The van der Waals surface area contributed by atoms with E-state index in [1.165, 1.54) is 13.4 Å². The fourth-order valence-corrected chi connectivity index (χ4v) is 5.76. The van der Waals surface area contributed by atoms with Crippen molar-refractivity contribution in [2.24, 2.45) is 0 Å². The molecular formula is C34H32N4O6. The lowest BCUT2D eigenvalue weighted by atomic mass is 9.99. The highest BCUT2D eigenvalue weighted by Crippen LogP contribution is 2.38.